The molecule has 2 unspecified atom stereocenters. The number of rotatable bonds is 3. The minimum Gasteiger partial charge on any atom is -0.493 e. The van der Waals surface area contributed by atoms with Crippen LogP contribution in [0.3, 0.4) is 0 Å². The molecule has 2 aliphatic rings. The number of hydrogen-bond acceptors (Lipinski definition) is 3. The lowest BCUT2D eigenvalue weighted by Gasteiger charge is -2.40. The summed E-state index contributed by atoms with van der Waals surface area (Å²) in [7, 11) is 1.71. The van der Waals surface area contributed by atoms with E-state index in [0.717, 1.165) is 24.7 Å². The van der Waals surface area contributed by atoms with Crippen LogP contribution in [0.4, 0.5) is 13.2 Å². The third-order valence-electron chi connectivity index (χ3n) is 5.44. The number of hydrogen-bond donors (Lipinski definition) is 1. The highest BCUT2D eigenvalue weighted by molar-refractivity contribution is 14.0. The summed E-state index contributed by atoms with van der Waals surface area (Å²) in [4.78, 5) is 7.85. The lowest BCUT2D eigenvalue weighted by Crippen LogP contribution is -2.57. The first-order valence-corrected chi connectivity index (χ1v) is 9.38. The number of para-hydroxylation sites is 1. The fraction of sp³-hybridized carbons (Fsp3) is 0.632. The van der Waals surface area contributed by atoms with Gasteiger partial charge in [0.05, 0.1) is 6.61 Å². The molecule has 0 bridgehead atoms. The lowest BCUT2D eigenvalue weighted by molar-refractivity contribution is -0.181. The van der Waals surface area contributed by atoms with Gasteiger partial charge in [0.15, 0.2) is 5.96 Å². The Kier molecular flexibility index (Phi) is 8.23. The Morgan fingerprint density at radius 3 is 2.57 bits per heavy atom. The molecule has 0 amide bonds. The Bertz CT molecular complexity index is 663. The summed E-state index contributed by atoms with van der Waals surface area (Å²) in [6.07, 6.45) is -3.25. The van der Waals surface area contributed by atoms with Crippen LogP contribution in [0.15, 0.2) is 29.3 Å². The zero-order valence-electron chi connectivity index (χ0n) is 16.2. The molecular weight excluding hydrogens is 484 g/mol. The summed E-state index contributed by atoms with van der Waals surface area (Å²) in [5, 5.41) is 3.40. The SMILES string of the molecule is CN=C(NCC1CCOc2ccccc21)N1CCN(C(C)C(F)(F)F)CC1.I. The molecule has 3 rings (SSSR count). The highest BCUT2D eigenvalue weighted by Crippen LogP contribution is 2.32. The van der Waals surface area contributed by atoms with Crippen LogP contribution in [0.25, 0.3) is 0 Å². The molecule has 0 aromatic heterocycles. The minimum absolute atomic E-state index is 0. The van der Waals surface area contributed by atoms with Crippen molar-refractivity contribution in [3.8, 4) is 5.75 Å². The van der Waals surface area contributed by atoms with E-state index in [9.17, 15) is 13.2 Å². The Balaban J connectivity index is 0.00000280. The maximum absolute atomic E-state index is 12.9. The van der Waals surface area contributed by atoms with Gasteiger partial charge in [-0.3, -0.25) is 9.89 Å². The monoisotopic (exact) mass is 512 g/mol. The van der Waals surface area contributed by atoms with Crippen LogP contribution in [0, 0.1) is 0 Å². The molecule has 5 nitrogen and oxygen atoms in total. The fourth-order valence-electron chi connectivity index (χ4n) is 3.70. The number of fused-ring (bicyclic) bond motifs is 1. The first-order valence-electron chi connectivity index (χ1n) is 9.38. The van der Waals surface area contributed by atoms with Gasteiger partial charge in [0.25, 0.3) is 0 Å². The van der Waals surface area contributed by atoms with Gasteiger partial charge in [-0.15, -0.1) is 24.0 Å². The summed E-state index contributed by atoms with van der Waals surface area (Å²) >= 11 is 0. The van der Waals surface area contributed by atoms with Crippen LogP contribution in [-0.4, -0.2) is 74.4 Å². The molecule has 1 N–H and O–H groups in total. The van der Waals surface area contributed by atoms with Crippen molar-refractivity contribution in [3.05, 3.63) is 29.8 Å². The van der Waals surface area contributed by atoms with Crippen LogP contribution in [0.2, 0.25) is 0 Å². The molecule has 0 saturated carbocycles. The van der Waals surface area contributed by atoms with Crippen molar-refractivity contribution in [3.63, 3.8) is 0 Å². The quantitative estimate of drug-likeness (QED) is 0.384. The number of nitrogens with zero attached hydrogens (tertiary/aromatic N) is 3. The van der Waals surface area contributed by atoms with Crippen molar-refractivity contribution in [1.29, 1.82) is 0 Å². The van der Waals surface area contributed by atoms with Crippen LogP contribution in [-0.2, 0) is 0 Å². The molecule has 2 heterocycles. The van der Waals surface area contributed by atoms with E-state index in [1.807, 2.05) is 23.1 Å². The molecule has 0 radical (unpaired) electrons. The van der Waals surface area contributed by atoms with Gasteiger partial charge in [-0.2, -0.15) is 13.2 Å². The summed E-state index contributed by atoms with van der Waals surface area (Å²) in [6, 6.07) is 6.64. The van der Waals surface area contributed by atoms with Gasteiger partial charge in [-0.05, 0) is 25.0 Å². The molecule has 2 aliphatic heterocycles. The predicted octanol–water partition coefficient (Wildman–Crippen LogP) is 3.31. The first kappa shape index (κ1) is 23.1. The lowest BCUT2D eigenvalue weighted by atomic mass is 9.93. The fourth-order valence-corrected chi connectivity index (χ4v) is 3.70. The number of nitrogens with one attached hydrogen (secondary N) is 1. The number of alkyl halides is 3. The van der Waals surface area contributed by atoms with Crippen LogP contribution in [0.5, 0.6) is 5.75 Å². The molecule has 1 aromatic carbocycles. The largest absolute Gasteiger partial charge is 0.493 e. The molecule has 158 valence electrons. The number of aliphatic imine (C=N–C) groups is 1. The van der Waals surface area contributed by atoms with Crippen molar-refractivity contribution in [2.45, 2.75) is 31.5 Å². The standard InChI is InChI=1S/C19H27F3N4O.HI/c1-14(19(20,21)22)25-8-10-26(11-9-25)18(23-2)24-13-15-7-12-27-17-6-4-3-5-16(15)17;/h3-6,14-15H,7-13H2,1-2H3,(H,23,24);1H. The highest BCUT2D eigenvalue weighted by Gasteiger charge is 2.41. The van der Waals surface area contributed by atoms with Crippen LogP contribution >= 0.6 is 24.0 Å². The Morgan fingerprint density at radius 1 is 1.25 bits per heavy atom. The average molecular weight is 512 g/mol. The molecule has 0 aliphatic carbocycles. The molecule has 1 saturated heterocycles. The second-order valence-electron chi connectivity index (χ2n) is 7.04. The van der Waals surface area contributed by atoms with Crippen LogP contribution in [0.1, 0.15) is 24.8 Å². The summed E-state index contributed by atoms with van der Waals surface area (Å²) in [5.74, 6) is 2.01. The molecule has 1 fully saturated rings. The molecule has 2 atom stereocenters. The molecule has 1 aromatic rings. The van der Waals surface area contributed by atoms with Crippen molar-refractivity contribution >= 4 is 29.9 Å². The van der Waals surface area contributed by atoms with E-state index in [0.29, 0.717) is 38.7 Å². The summed E-state index contributed by atoms with van der Waals surface area (Å²) in [6.45, 7) is 4.46. The maximum Gasteiger partial charge on any atom is 0.403 e. The van der Waals surface area contributed by atoms with E-state index in [2.05, 4.69) is 16.4 Å². The predicted molar refractivity (Wildman–Crippen MR) is 115 cm³/mol. The number of benzene rings is 1. The maximum atomic E-state index is 12.9. The van der Waals surface area contributed by atoms with Crippen molar-refractivity contribution in [2.75, 3.05) is 46.4 Å². The Morgan fingerprint density at radius 2 is 1.93 bits per heavy atom. The zero-order chi connectivity index (χ0) is 19.4. The normalized spacial score (nSPS) is 22.0. The van der Waals surface area contributed by atoms with Gasteiger partial charge in [0.2, 0.25) is 0 Å². The second kappa shape index (κ2) is 10.00. The molecule has 28 heavy (non-hydrogen) atoms. The minimum atomic E-state index is -4.18. The second-order valence-corrected chi connectivity index (χ2v) is 7.04. The van der Waals surface area contributed by atoms with E-state index in [-0.39, 0.29) is 24.0 Å². The van der Waals surface area contributed by atoms with Crippen molar-refractivity contribution in [2.24, 2.45) is 4.99 Å². The van der Waals surface area contributed by atoms with E-state index >= 15 is 0 Å². The Labute approximate surface area is 181 Å². The number of guanidine groups is 1. The van der Waals surface area contributed by atoms with E-state index < -0.39 is 12.2 Å². The summed E-state index contributed by atoms with van der Waals surface area (Å²) in [5.41, 5.74) is 1.19. The number of ether oxygens (including phenoxy) is 1. The van der Waals surface area contributed by atoms with E-state index in [1.54, 1.807) is 7.05 Å². The topological polar surface area (TPSA) is 40.1 Å². The van der Waals surface area contributed by atoms with Crippen molar-refractivity contribution < 1.29 is 17.9 Å². The smallest absolute Gasteiger partial charge is 0.403 e. The van der Waals surface area contributed by atoms with Crippen LogP contribution < -0.4 is 10.1 Å². The van der Waals surface area contributed by atoms with Gasteiger partial charge < -0.3 is 15.0 Å². The van der Waals surface area contributed by atoms with E-state index in [1.165, 1.54) is 17.4 Å². The van der Waals surface area contributed by atoms with Gasteiger partial charge >= 0.3 is 6.18 Å². The van der Waals surface area contributed by atoms with Crippen molar-refractivity contribution in [1.82, 2.24) is 15.1 Å². The Hall–Kier alpha value is -1.23. The molecular formula is C19H28F3IN4O. The zero-order valence-corrected chi connectivity index (χ0v) is 18.5. The van der Waals surface area contributed by atoms with Gasteiger partial charge in [-0.1, -0.05) is 18.2 Å². The third-order valence-corrected chi connectivity index (χ3v) is 5.44. The number of halogens is 4. The average Bonchev–Trinajstić information content (AvgIpc) is 2.68. The highest BCUT2D eigenvalue weighted by atomic mass is 127. The first-order chi connectivity index (χ1) is 12.9. The molecule has 0 spiro atoms. The number of piperazine rings is 1. The van der Waals surface area contributed by atoms with Gasteiger partial charge in [0.1, 0.15) is 11.8 Å². The molecule has 9 heteroatoms. The van der Waals surface area contributed by atoms with Gasteiger partial charge in [0, 0.05) is 45.7 Å². The summed E-state index contributed by atoms with van der Waals surface area (Å²) < 4.78 is 44.4. The van der Waals surface area contributed by atoms with E-state index in [4.69, 9.17) is 4.74 Å². The third kappa shape index (κ3) is 5.43. The van der Waals surface area contributed by atoms with Gasteiger partial charge in [-0.25, -0.2) is 0 Å².